The molecule has 1 aromatic heterocycles. The molecule has 3 aromatic carbocycles. The van der Waals surface area contributed by atoms with Crippen LogP contribution < -0.4 is 4.74 Å². The fourth-order valence-corrected chi connectivity index (χ4v) is 7.21. The zero-order valence-electron chi connectivity index (χ0n) is 24.4. The van der Waals surface area contributed by atoms with Crippen molar-refractivity contribution in [2.45, 2.75) is 76.4 Å². The average molecular weight is 648 g/mol. The molecule has 0 N–H and O–H groups in total. The highest BCUT2D eigenvalue weighted by atomic mass is 32.1. The van der Waals surface area contributed by atoms with E-state index in [9.17, 15) is 22.4 Å². The highest BCUT2D eigenvalue weighted by Gasteiger charge is 2.39. The summed E-state index contributed by atoms with van der Waals surface area (Å²) in [5.41, 5.74) is 0.752. The molecule has 2 aliphatic carbocycles. The highest BCUT2D eigenvalue weighted by molar-refractivity contribution is 7.18. The standard InChI is InChI=1S/C34H31F6NO3S/c1-18-2-4-20(5-3-18)32(42)43-23-9-6-19(7-10-23)21-8-13-29-30(16-21)45-33(41-29)34(39,40)44-24-11-12-25(26(35)17-24)22-14-27(36)31(38)28(37)15-22/h8,11-20,23H,2-7,9-10H2,1H3. The van der Waals surface area contributed by atoms with Crippen LogP contribution in [0.1, 0.15) is 74.8 Å². The van der Waals surface area contributed by atoms with E-state index in [4.69, 9.17) is 9.47 Å². The molecule has 0 unspecified atom stereocenters. The largest absolute Gasteiger partial charge is 0.462 e. The van der Waals surface area contributed by atoms with Gasteiger partial charge in [-0.3, -0.25) is 4.79 Å². The number of esters is 1. The van der Waals surface area contributed by atoms with Crippen LogP contribution in [0.15, 0.2) is 48.5 Å². The van der Waals surface area contributed by atoms with Crippen LogP contribution in [-0.4, -0.2) is 17.1 Å². The van der Waals surface area contributed by atoms with E-state index in [1.807, 2.05) is 12.1 Å². The molecule has 4 aromatic rings. The van der Waals surface area contributed by atoms with Crippen LogP contribution in [0, 0.1) is 35.1 Å². The third-order valence-corrected chi connectivity index (χ3v) is 9.99. The van der Waals surface area contributed by atoms with Crippen molar-refractivity contribution in [1.29, 1.82) is 0 Å². The highest BCUT2D eigenvalue weighted by Crippen LogP contribution is 2.41. The number of nitrogens with zero attached hydrogens (tertiary/aromatic N) is 1. The lowest BCUT2D eigenvalue weighted by molar-refractivity contribution is -0.185. The van der Waals surface area contributed by atoms with E-state index in [1.54, 1.807) is 6.07 Å². The van der Waals surface area contributed by atoms with E-state index in [0.717, 1.165) is 80.4 Å². The molecule has 1 heterocycles. The fourth-order valence-electron chi connectivity index (χ4n) is 6.29. The number of halogens is 6. The van der Waals surface area contributed by atoms with Crippen molar-refractivity contribution < 1.29 is 40.6 Å². The Kier molecular flexibility index (Phi) is 8.83. The summed E-state index contributed by atoms with van der Waals surface area (Å²) >= 11 is 0.767. The first-order valence-corrected chi connectivity index (χ1v) is 15.9. The average Bonchev–Trinajstić information content (AvgIpc) is 3.45. The number of benzene rings is 3. The Hall–Kier alpha value is -3.60. The van der Waals surface area contributed by atoms with Crippen LogP contribution in [0.4, 0.5) is 26.3 Å². The predicted octanol–water partition coefficient (Wildman–Crippen LogP) is 10.0. The fraction of sp³-hybridized carbons (Fsp3) is 0.412. The van der Waals surface area contributed by atoms with Gasteiger partial charge < -0.3 is 9.47 Å². The van der Waals surface area contributed by atoms with Gasteiger partial charge in [-0.1, -0.05) is 13.0 Å². The van der Waals surface area contributed by atoms with Crippen molar-refractivity contribution >= 4 is 27.5 Å². The topological polar surface area (TPSA) is 48.4 Å². The number of carbonyl (C=O) groups is 1. The van der Waals surface area contributed by atoms with Crippen LogP contribution in [0.25, 0.3) is 21.3 Å². The number of hydrogen-bond donors (Lipinski definition) is 0. The van der Waals surface area contributed by atoms with Crippen LogP contribution >= 0.6 is 11.3 Å². The summed E-state index contributed by atoms with van der Waals surface area (Å²) in [4.78, 5) is 16.7. The molecule has 45 heavy (non-hydrogen) atoms. The van der Waals surface area contributed by atoms with E-state index < -0.39 is 40.1 Å². The van der Waals surface area contributed by atoms with Gasteiger partial charge in [-0.15, -0.1) is 11.3 Å². The van der Waals surface area contributed by atoms with E-state index in [2.05, 4.69) is 11.9 Å². The second kappa shape index (κ2) is 12.7. The third kappa shape index (κ3) is 6.83. The van der Waals surface area contributed by atoms with E-state index in [0.29, 0.717) is 34.3 Å². The Labute approximate surface area is 260 Å². The molecule has 11 heteroatoms. The van der Waals surface area contributed by atoms with Crippen molar-refractivity contribution in [3.63, 3.8) is 0 Å². The number of aromatic nitrogens is 1. The van der Waals surface area contributed by atoms with Gasteiger partial charge in [0, 0.05) is 11.6 Å². The number of hydrogen-bond acceptors (Lipinski definition) is 5. The van der Waals surface area contributed by atoms with Crippen LogP contribution in [0.2, 0.25) is 0 Å². The van der Waals surface area contributed by atoms with Crippen molar-refractivity contribution in [3.8, 4) is 16.9 Å². The zero-order valence-corrected chi connectivity index (χ0v) is 25.2. The number of thiazole rings is 1. The number of fused-ring (bicyclic) bond motifs is 1. The van der Waals surface area contributed by atoms with Crippen LogP contribution in [0.3, 0.4) is 0 Å². The molecule has 2 fully saturated rings. The summed E-state index contributed by atoms with van der Waals surface area (Å²) in [5.74, 6) is -5.54. The van der Waals surface area contributed by atoms with Gasteiger partial charge in [0.25, 0.3) is 0 Å². The summed E-state index contributed by atoms with van der Waals surface area (Å²) in [5, 5.41) is -0.616. The van der Waals surface area contributed by atoms with E-state index in [1.165, 1.54) is 0 Å². The summed E-state index contributed by atoms with van der Waals surface area (Å²) < 4.78 is 96.8. The molecule has 0 bridgehead atoms. The lowest BCUT2D eigenvalue weighted by atomic mass is 9.82. The normalized spacial score (nSPS) is 22.4. The smallest absolute Gasteiger partial charge is 0.454 e. The molecular weight excluding hydrogens is 616 g/mol. The maximum atomic E-state index is 15.2. The van der Waals surface area contributed by atoms with Gasteiger partial charge in [-0.2, -0.15) is 8.78 Å². The number of ether oxygens (including phenoxy) is 2. The lowest BCUT2D eigenvalue weighted by Gasteiger charge is -2.31. The second-order valence-corrected chi connectivity index (χ2v) is 13.2. The molecule has 0 aliphatic heterocycles. The lowest BCUT2D eigenvalue weighted by Crippen LogP contribution is -2.29. The Bertz CT molecular complexity index is 1690. The van der Waals surface area contributed by atoms with Gasteiger partial charge in [0.05, 0.1) is 16.1 Å². The minimum atomic E-state index is -3.90. The number of rotatable bonds is 7. The SMILES string of the molecule is CC1CCC(C(=O)OC2CCC(c3ccc4nc(C(F)(F)Oc5ccc(-c6cc(F)c(F)c(F)c6)c(F)c5)sc4c3)CC2)CC1. The molecule has 4 nitrogen and oxygen atoms in total. The second-order valence-electron chi connectivity index (χ2n) is 12.1. The summed E-state index contributed by atoms with van der Waals surface area (Å²) in [6.45, 7) is 2.21. The first-order chi connectivity index (χ1) is 21.5. The van der Waals surface area contributed by atoms with Gasteiger partial charge >= 0.3 is 12.1 Å². The first-order valence-electron chi connectivity index (χ1n) is 15.1. The summed E-state index contributed by atoms with van der Waals surface area (Å²) in [6, 6.07) is 9.34. The molecular formula is C34H31F6NO3S. The molecule has 6 rings (SSSR count). The first kappa shape index (κ1) is 31.4. The van der Waals surface area contributed by atoms with E-state index >= 15 is 8.78 Å². The molecule has 0 spiro atoms. The maximum Gasteiger partial charge on any atom is 0.454 e. The van der Waals surface area contributed by atoms with Gasteiger partial charge in [0.15, 0.2) is 17.5 Å². The van der Waals surface area contributed by atoms with Gasteiger partial charge in [0.1, 0.15) is 17.7 Å². The van der Waals surface area contributed by atoms with Crippen molar-refractivity contribution in [1.82, 2.24) is 4.98 Å². The van der Waals surface area contributed by atoms with Gasteiger partial charge in [0.2, 0.25) is 5.01 Å². The molecule has 238 valence electrons. The molecule has 2 aliphatic rings. The molecule has 0 radical (unpaired) electrons. The maximum absolute atomic E-state index is 15.2. The summed E-state index contributed by atoms with van der Waals surface area (Å²) in [6.07, 6.45) is 3.03. The van der Waals surface area contributed by atoms with Crippen LogP contribution in [-0.2, 0) is 15.6 Å². The predicted molar refractivity (Wildman–Crippen MR) is 158 cm³/mol. The Morgan fingerprint density at radius 1 is 0.844 bits per heavy atom. The Morgan fingerprint density at radius 3 is 2.20 bits per heavy atom. The monoisotopic (exact) mass is 647 g/mol. The van der Waals surface area contributed by atoms with Gasteiger partial charge in [-0.05, 0) is 111 Å². The minimum Gasteiger partial charge on any atom is -0.462 e. The van der Waals surface area contributed by atoms with E-state index in [-0.39, 0.29) is 35.0 Å². The Balaban J connectivity index is 1.10. The van der Waals surface area contributed by atoms with Crippen molar-refractivity contribution in [2.24, 2.45) is 11.8 Å². The third-order valence-electron chi connectivity index (χ3n) is 8.92. The Morgan fingerprint density at radius 2 is 1.53 bits per heavy atom. The molecule has 0 saturated heterocycles. The molecule has 0 atom stereocenters. The minimum absolute atomic E-state index is 0.000604. The van der Waals surface area contributed by atoms with Crippen molar-refractivity contribution in [3.05, 3.63) is 82.4 Å². The number of alkyl halides is 2. The quantitative estimate of drug-likeness (QED) is 0.114. The summed E-state index contributed by atoms with van der Waals surface area (Å²) in [7, 11) is 0. The number of carbonyl (C=O) groups excluding carboxylic acids is 1. The molecule has 2 saturated carbocycles. The van der Waals surface area contributed by atoms with Gasteiger partial charge in [-0.25, -0.2) is 22.5 Å². The van der Waals surface area contributed by atoms with Crippen LogP contribution in [0.5, 0.6) is 5.75 Å². The zero-order chi connectivity index (χ0) is 31.9. The molecule has 0 amide bonds. The van der Waals surface area contributed by atoms with Crippen molar-refractivity contribution in [2.75, 3.05) is 0 Å².